The van der Waals surface area contributed by atoms with Crippen LogP contribution in [0.25, 0.3) is 0 Å². The number of hydrogen-bond acceptors (Lipinski definition) is 5. The number of ether oxygens (including phenoxy) is 1. The van der Waals surface area contributed by atoms with E-state index in [9.17, 15) is 29.4 Å². The van der Waals surface area contributed by atoms with Crippen molar-refractivity contribution in [2.45, 2.75) is 71.2 Å². The van der Waals surface area contributed by atoms with Crippen molar-refractivity contribution in [2.24, 2.45) is 11.8 Å². The molecule has 2 amide bonds. The predicted octanol–water partition coefficient (Wildman–Crippen LogP) is 3.05. The highest BCUT2D eigenvalue weighted by atomic mass is 16.5. The van der Waals surface area contributed by atoms with Crippen LogP contribution in [0.4, 0.5) is 0 Å². The number of methoxy groups -OCH3 is 1. The smallest absolute Gasteiger partial charge is 0.326 e. The zero-order valence-electron chi connectivity index (χ0n) is 22.1. The Labute approximate surface area is 218 Å². The Morgan fingerprint density at radius 2 is 1.62 bits per heavy atom. The van der Waals surface area contributed by atoms with Gasteiger partial charge in [-0.1, -0.05) is 68.0 Å². The Balaban J connectivity index is 2.20. The molecule has 1 saturated heterocycles. The second kappa shape index (κ2) is 13.7. The summed E-state index contributed by atoms with van der Waals surface area (Å²) in [6, 6.07) is 6.86. The van der Waals surface area contributed by atoms with Crippen molar-refractivity contribution in [3.63, 3.8) is 0 Å². The van der Waals surface area contributed by atoms with Crippen molar-refractivity contribution in [3.8, 4) is 0 Å². The van der Waals surface area contributed by atoms with Crippen LogP contribution in [0.15, 0.2) is 54.1 Å². The first-order valence-electron chi connectivity index (χ1n) is 12.4. The lowest BCUT2D eigenvalue weighted by Crippen LogP contribution is -2.53. The molecule has 6 atom stereocenters. The summed E-state index contributed by atoms with van der Waals surface area (Å²) >= 11 is 0. The molecule has 2 rings (SSSR count). The maximum absolute atomic E-state index is 13.3. The Hall–Kier alpha value is -3.46. The van der Waals surface area contributed by atoms with Crippen LogP contribution in [0.3, 0.4) is 0 Å². The minimum atomic E-state index is -1.24. The summed E-state index contributed by atoms with van der Waals surface area (Å²) in [6.45, 7) is 6.84. The topological polar surface area (TPSA) is 133 Å². The van der Waals surface area contributed by atoms with Crippen LogP contribution in [0.5, 0.6) is 0 Å². The number of hydrogen-bond donors (Lipinski definition) is 3. The molecule has 1 fully saturated rings. The number of nitrogens with one attached hydrogen (secondary N) is 1. The Morgan fingerprint density at radius 3 is 2.11 bits per heavy atom. The van der Waals surface area contributed by atoms with E-state index in [4.69, 9.17) is 4.74 Å². The van der Waals surface area contributed by atoms with Gasteiger partial charge < -0.3 is 25.2 Å². The standard InChI is InChI=1S/C28H38N2O7/c1-17(15-18(2)25(37-5)16-21-9-7-6-8-10-21)11-12-22(29-20(4)31)19(3)26(32)30-23(27(33)34)13-14-24(30)28(35)36/h6-12,15,18-19,22-25H,13-14,16H2,1-5H3,(H,29,31)(H,33,34)(H,35,36)/b12-11+,17-15+/t18-,19-,22-,23-,24-,25-/m0/s1. The molecule has 0 spiro atoms. The number of carboxylic acid groups (broad SMARTS) is 2. The molecule has 1 aromatic carbocycles. The van der Waals surface area contributed by atoms with Crippen LogP contribution in [-0.4, -0.2) is 70.2 Å². The van der Waals surface area contributed by atoms with Crippen molar-refractivity contribution in [1.29, 1.82) is 0 Å². The molecular weight excluding hydrogens is 476 g/mol. The van der Waals surface area contributed by atoms with Crippen LogP contribution in [0, 0.1) is 11.8 Å². The van der Waals surface area contributed by atoms with Gasteiger partial charge in [-0.2, -0.15) is 0 Å². The van der Waals surface area contributed by atoms with Gasteiger partial charge in [-0.25, -0.2) is 9.59 Å². The first-order chi connectivity index (χ1) is 17.5. The lowest BCUT2D eigenvalue weighted by atomic mass is 9.94. The quantitative estimate of drug-likeness (QED) is 0.365. The van der Waals surface area contributed by atoms with E-state index in [1.54, 1.807) is 26.2 Å². The number of nitrogens with zero attached hydrogens (tertiary/aromatic N) is 1. The number of rotatable bonds is 12. The molecule has 1 aliphatic rings. The van der Waals surface area contributed by atoms with E-state index in [1.807, 2.05) is 31.2 Å². The van der Waals surface area contributed by atoms with Gasteiger partial charge in [0.2, 0.25) is 11.8 Å². The summed E-state index contributed by atoms with van der Waals surface area (Å²) in [7, 11) is 1.68. The van der Waals surface area contributed by atoms with Crippen LogP contribution in [0.1, 0.15) is 46.1 Å². The molecule has 1 heterocycles. The zero-order chi connectivity index (χ0) is 27.7. The summed E-state index contributed by atoms with van der Waals surface area (Å²) in [5.41, 5.74) is 2.06. The largest absolute Gasteiger partial charge is 0.480 e. The van der Waals surface area contributed by atoms with Crippen LogP contribution in [-0.2, 0) is 30.3 Å². The number of aliphatic carboxylic acids is 2. The average Bonchev–Trinajstić information content (AvgIpc) is 3.30. The van der Waals surface area contributed by atoms with Crippen molar-refractivity contribution < 1.29 is 34.1 Å². The van der Waals surface area contributed by atoms with Gasteiger partial charge in [0.15, 0.2) is 0 Å². The maximum atomic E-state index is 13.3. The molecule has 9 nitrogen and oxygen atoms in total. The molecule has 202 valence electrons. The molecule has 0 aliphatic carbocycles. The molecule has 0 aromatic heterocycles. The lowest BCUT2D eigenvalue weighted by molar-refractivity contribution is -0.157. The number of carboxylic acids is 2. The highest BCUT2D eigenvalue weighted by Crippen LogP contribution is 2.28. The number of amides is 2. The number of carbonyl (C=O) groups is 4. The van der Waals surface area contributed by atoms with Crippen molar-refractivity contribution in [1.82, 2.24) is 10.2 Å². The van der Waals surface area contributed by atoms with Crippen LogP contribution >= 0.6 is 0 Å². The van der Waals surface area contributed by atoms with E-state index >= 15 is 0 Å². The molecule has 0 radical (unpaired) electrons. The monoisotopic (exact) mass is 514 g/mol. The third-order valence-corrected chi connectivity index (χ3v) is 6.77. The SMILES string of the molecule is CO[C@@H](Cc1ccccc1)[C@@H](C)/C=C(C)/C=C/[C@H](NC(C)=O)[C@H](C)C(=O)N1[C@H](C(=O)O)CC[C@H]1C(=O)O. The Kier molecular flexibility index (Phi) is 11.1. The van der Waals surface area contributed by atoms with E-state index in [1.165, 1.54) is 12.5 Å². The summed E-state index contributed by atoms with van der Waals surface area (Å²) in [5, 5.41) is 21.8. The van der Waals surface area contributed by atoms with E-state index in [-0.39, 0.29) is 30.8 Å². The van der Waals surface area contributed by atoms with Gasteiger partial charge in [-0.15, -0.1) is 0 Å². The van der Waals surface area contributed by atoms with E-state index in [0.29, 0.717) is 0 Å². The summed E-state index contributed by atoms with van der Waals surface area (Å²) in [6.07, 6.45) is 6.35. The predicted molar refractivity (Wildman–Crippen MR) is 139 cm³/mol. The molecule has 3 N–H and O–H groups in total. The molecule has 9 heteroatoms. The highest BCUT2D eigenvalue weighted by molar-refractivity contribution is 5.91. The summed E-state index contributed by atoms with van der Waals surface area (Å²) in [4.78, 5) is 49.5. The van der Waals surface area contributed by atoms with Gasteiger partial charge in [0.05, 0.1) is 18.1 Å². The van der Waals surface area contributed by atoms with Gasteiger partial charge in [0, 0.05) is 20.0 Å². The number of benzene rings is 1. The fourth-order valence-corrected chi connectivity index (χ4v) is 4.73. The minimum absolute atomic E-state index is 0.0477. The maximum Gasteiger partial charge on any atom is 0.326 e. The molecule has 37 heavy (non-hydrogen) atoms. The van der Waals surface area contributed by atoms with Crippen molar-refractivity contribution in [3.05, 3.63) is 59.7 Å². The first kappa shape index (κ1) is 29.8. The lowest BCUT2D eigenvalue weighted by Gasteiger charge is -2.31. The second-order valence-corrected chi connectivity index (χ2v) is 9.64. The van der Waals surface area contributed by atoms with E-state index in [2.05, 4.69) is 24.4 Å². The van der Waals surface area contributed by atoms with Gasteiger partial charge >= 0.3 is 11.9 Å². The van der Waals surface area contributed by atoms with Gasteiger partial charge in [0.1, 0.15) is 12.1 Å². The Morgan fingerprint density at radius 1 is 1.05 bits per heavy atom. The minimum Gasteiger partial charge on any atom is -0.480 e. The average molecular weight is 515 g/mol. The zero-order valence-corrected chi connectivity index (χ0v) is 22.1. The van der Waals surface area contributed by atoms with Gasteiger partial charge in [-0.05, 0) is 31.7 Å². The van der Waals surface area contributed by atoms with Crippen LogP contribution < -0.4 is 5.32 Å². The fraction of sp³-hybridized carbons (Fsp3) is 0.500. The van der Waals surface area contributed by atoms with E-state index in [0.717, 1.165) is 16.9 Å². The fourth-order valence-electron chi connectivity index (χ4n) is 4.73. The molecule has 0 saturated carbocycles. The molecule has 0 bridgehead atoms. The number of allylic oxidation sites excluding steroid dienone is 2. The van der Waals surface area contributed by atoms with E-state index < -0.39 is 41.9 Å². The first-order valence-corrected chi connectivity index (χ1v) is 12.4. The van der Waals surface area contributed by atoms with Gasteiger partial charge in [0.25, 0.3) is 0 Å². The molecule has 1 aromatic rings. The normalized spacial score (nSPS) is 21.3. The molecule has 0 unspecified atom stereocenters. The van der Waals surface area contributed by atoms with Crippen molar-refractivity contribution in [2.75, 3.05) is 7.11 Å². The summed E-state index contributed by atoms with van der Waals surface area (Å²) in [5.74, 6) is -4.28. The van der Waals surface area contributed by atoms with Crippen molar-refractivity contribution >= 4 is 23.8 Å². The summed E-state index contributed by atoms with van der Waals surface area (Å²) < 4.78 is 5.71. The third kappa shape index (κ3) is 8.28. The Bertz CT molecular complexity index is 999. The second-order valence-electron chi connectivity index (χ2n) is 9.64. The van der Waals surface area contributed by atoms with Gasteiger partial charge in [-0.3, -0.25) is 9.59 Å². The highest BCUT2D eigenvalue weighted by Gasteiger charge is 2.46. The molecule has 1 aliphatic heterocycles. The number of likely N-dealkylation sites (tertiary alicyclic amines) is 1. The number of carbonyl (C=O) groups excluding carboxylic acids is 2. The van der Waals surface area contributed by atoms with Crippen LogP contribution in [0.2, 0.25) is 0 Å². The third-order valence-electron chi connectivity index (χ3n) is 6.77. The molecular formula is C28H38N2O7.